The summed E-state index contributed by atoms with van der Waals surface area (Å²) in [6.45, 7) is 2.13. The fraction of sp³-hybridized carbons (Fsp3) is 0.0714. The van der Waals surface area contributed by atoms with Gasteiger partial charge in [0.2, 0.25) is 0 Å². The van der Waals surface area contributed by atoms with E-state index in [1.807, 2.05) is 12.1 Å². The molecule has 0 atom stereocenters. The minimum Gasteiger partial charge on any atom is -0.497 e. The van der Waals surface area contributed by atoms with E-state index in [-0.39, 0.29) is 0 Å². The lowest BCUT2D eigenvalue weighted by molar-refractivity contribution is 0.415. The van der Waals surface area contributed by atoms with Gasteiger partial charge in [0.1, 0.15) is 5.75 Å². The lowest BCUT2D eigenvalue weighted by Gasteiger charge is -2.14. The van der Waals surface area contributed by atoms with Gasteiger partial charge in [0.25, 0.3) is 0 Å². The van der Waals surface area contributed by atoms with Gasteiger partial charge in [-0.3, -0.25) is 0 Å². The molecule has 0 aliphatic heterocycles. The fourth-order valence-corrected chi connectivity index (χ4v) is 4.04. The number of aryl methyl sites for hydroxylation is 1. The van der Waals surface area contributed by atoms with E-state index < -0.39 is 0 Å². The average Bonchev–Trinajstić information content (AvgIpc) is 2.78. The van der Waals surface area contributed by atoms with Gasteiger partial charge in [-0.05, 0) is 75.0 Å². The molecule has 0 bridgehead atoms. The Hall–Kier alpha value is -3.58. The second-order valence-electron chi connectivity index (χ2n) is 7.50. The van der Waals surface area contributed by atoms with Crippen LogP contribution in [-0.4, -0.2) is 7.11 Å². The van der Waals surface area contributed by atoms with Crippen molar-refractivity contribution in [2.24, 2.45) is 0 Å². The van der Waals surface area contributed by atoms with Crippen molar-refractivity contribution in [2.45, 2.75) is 6.92 Å². The molecule has 0 radical (unpaired) electrons. The lowest BCUT2D eigenvalue weighted by atomic mass is 9.90. The molecule has 5 rings (SSSR count). The van der Waals surface area contributed by atoms with E-state index in [9.17, 15) is 0 Å². The van der Waals surface area contributed by atoms with Crippen LogP contribution < -0.4 is 4.74 Å². The molecule has 0 heterocycles. The molecule has 0 unspecified atom stereocenters. The van der Waals surface area contributed by atoms with Crippen LogP contribution in [0.2, 0.25) is 0 Å². The Bertz CT molecular complexity index is 1310. The number of ether oxygens (including phenoxy) is 1. The molecule has 0 N–H and O–H groups in total. The van der Waals surface area contributed by atoms with Gasteiger partial charge in [0, 0.05) is 0 Å². The molecule has 0 aliphatic carbocycles. The maximum Gasteiger partial charge on any atom is 0.118 e. The largest absolute Gasteiger partial charge is 0.497 e. The summed E-state index contributed by atoms with van der Waals surface area (Å²) < 4.78 is 5.34. The average molecular weight is 374 g/mol. The summed E-state index contributed by atoms with van der Waals surface area (Å²) in [5.41, 5.74) is 6.23. The second-order valence-corrected chi connectivity index (χ2v) is 7.50. The molecule has 0 spiro atoms. The third-order valence-electron chi connectivity index (χ3n) is 5.65. The van der Waals surface area contributed by atoms with Crippen molar-refractivity contribution in [3.63, 3.8) is 0 Å². The number of hydrogen-bond acceptors (Lipinski definition) is 1. The summed E-state index contributed by atoms with van der Waals surface area (Å²) in [7, 11) is 1.70. The number of fused-ring (bicyclic) bond motifs is 2. The summed E-state index contributed by atoms with van der Waals surface area (Å²) >= 11 is 0. The zero-order valence-electron chi connectivity index (χ0n) is 16.6. The van der Waals surface area contributed by atoms with E-state index >= 15 is 0 Å². The molecule has 1 nitrogen and oxygen atoms in total. The zero-order chi connectivity index (χ0) is 19.8. The van der Waals surface area contributed by atoms with Crippen LogP contribution in [0.3, 0.4) is 0 Å². The van der Waals surface area contributed by atoms with Crippen molar-refractivity contribution in [2.75, 3.05) is 7.11 Å². The number of methoxy groups -OCH3 is 1. The van der Waals surface area contributed by atoms with Crippen LogP contribution in [0.25, 0.3) is 43.8 Å². The molecular formula is C28H22O. The minimum atomic E-state index is 0.875. The maximum atomic E-state index is 5.34. The highest BCUT2D eigenvalue weighted by Crippen LogP contribution is 2.38. The lowest BCUT2D eigenvalue weighted by Crippen LogP contribution is -1.88. The van der Waals surface area contributed by atoms with Gasteiger partial charge in [0.15, 0.2) is 0 Å². The second kappa shape index (κ2) is 7.10. The first-order chi connectivity index (χ1) is 14.2. The van der Waals surface area contributed by atoms with Crippen LogP contribution in [0.1, 0.15) is 5.56 Å². The first-order valence-electron chi connectivity index (χ1n) is 9.90. The van der Waals surface area contributed by atoms with Gasteiger partial charge in [-0.2, -0.15) is 0 Å². The topological polar surface area (TPSA) is 9.23 Å². The van der Waals surface area contributed by atoms with Crippen LogP contribution in [0.5, 0.6) is 5.75 Å². The first-order valence-corrected chi connectivity index (χ1v) is 9.90. The summed E-state index contributed by atoms with van der Waals surface area (Å²) in [6, 6.07) is 34.8. The highest BCUT2D eigenvalue weighted by Gasteiger charge is 2.11. The van der Waals surface area contributed by atoms with Gasteiger partial charge < -0.3 is 4.74 Å². The van der Waals surface area contributed by atoms with Crippen molar-refractivity contribution in [1.82, 2.24) is 0 Å². The molecule has 140 valence electrons. The van der Waals surface area contributed by atoms with E-state index in [2.05, 4.69) is 91.9 Å². The van der Waals surface area contributed by atoms with E-state index in [0.29, 0.717) is 0 Å². The Labute approximate surface area is 171 Å². The van der Waals surface area contributed by atoms with E-state index in [4.69, 9.17) is 4.74 Å². The summed E-state index contributed by atoms with van der Waals surface area (Å²) in [6.07, 6.45) is 0. The van der Waals surface area contributed by atoms with Gasteiger partial charge in [-0.1, -0.05) is 78.4 Å². The van der Waals surface area contributed by atoms with Gasteiger partial charge in [-0.15, -0.1) is 0 Å². The Balaban J connectivity index is 1.81. The van der Waals surface area contributed by atoms with Crippen molar-refractivity contribution in [1.29, 1.82) is 0 Å². The summed E-state index contributed by atoms with van der Waals surface area (Å²) in [5, 5.41) is 5.07. The number of hydrogen-bond donors (Lipinski definition) is 0. The smallest absolute Gasteiger partial charge is 0.118 e. The van der Waals surface area contributed by atoms with Gasteiger partial charge in [-0.25, -0.2) is 0 Å². The summed E-state index contributed by atoms with van der Waals surface area (Å²) in [5.74, 6) is 0.875. The van der Waals surface area contributed by atoms with Crippen LogP contribution >= 0.6 is 0 Å². The number of benzene rings is 5. The van der Waals surface area contributed by atoms with Gasteiger partial charge in [0.05, 0.1) is 7.11 Å². The monoisotopic (exact) mass is 374 g/mol. The highest BCUT2D eigenvalue weighted by molar-refractivity contribution is 6.10. The van der Waals surface area contributed by atoms with Crippen LogP contribution in [0.4, 0.5) is 0 Å². The Morgan fingerprint density at radius 3 is 1.52 bits per heavy atom. The Kier molecular flexibility index (Phi) is 4.29. The molecule has 0 saturated carbocycles. The predicted octanol–water partition coefficient (Wildman–Crippen LogP) is 7.64. The molecule has 0 aromatic heterocycles. The quantitative estimate of drug-likeness (QED) is 0.295. The summed E-state index contributed by atoms with van der Waals surface area (Å²) in [4.78, 5) is 0. The Morgan fingerprint density at radius 2 is 1.03 bits per heavy atom. The van der Waals surface area contributed by atoms with E-state index in [1.54, 1.807) is 7.11 Å². The standard InChI is InChI=1S/C28H22O/c1-19-7-9-20(10-8-19)25-15-16-26(21-11-13-24(29-2)14-12-21)28-18-23-6-4-3-5-22(23)17-27(25)28/h3-18H,1-2H3. The third-order valence-corrected chi connectivity index (χ3v) is 5.65. The molecule has 0 fully saturated rings. The third kappa shape index (κ3) is 3.15. The molecule has 5 aromatic rings. The van der Waals surface area contributed by atoms with Crippen molar-refractivity contribution < 1.29 is 4.74 Å². The molecule has 0 amide bonds. The zero-order valence-corrected chi connectivity index (χ0v) is 16.6. The molecule has 0 aliphatic rings. The molecule has 29 heavy (non-hydrogen) atoms. The van der Waals surface area contributed by atoms with Crippen LogP contribution in [-0.2, 0) is 0 Å². The molecule has 1 heteroatoms. The van der Waals surface area contributed by atoms with Crippen LogP contribution in [0.15, 0.2) is 97.1 Å². The minimum absolute atomic E-state index is 0.875. The number of rotatable bonds is 3. The van der Waals surface area contributed by atoms with Crippen molar-refractivity contribution in [3.8, 4) is 28.0 Å². The van der Waals surface area contributed by atoms with Crippen molar-refractivity contribution >= 4 is 21.5 Å². The molecule has 0 saturated heterocycles. The van der Waals surface area contributed by atoms with Gasteiger partial charge >= 0.3 is 0 Å². The van der Waals surface area contributed by atoms with Crippen LogP contribution in [0, 0.1) is 6.92 Å². The molecular weight excluding hydrogens is 352 g/mol. The van der Waals surface area contributed by atoms with E-state index in [1.165, 1.54) is 49.4 Å². The highest BCUT2D eigenvalue weighted by atomic mass is 16.5. The predicted molar refractivity (Wildman–Crippen MR) is 124 cm³/mol. The maximum absolute atomic E-state index is 5.34. The van der Waals surface area contributed by atoms with E-state index in [0.717, 1.165) is 5.75 Å². The fourth-order valence-electron chi connectivity index (χ4n) is 4.04. The van der Waals surface area contributed by atoms with Crippen molar-refractivity contribution in [3.05, 3.63) is 103 Å². The Morgan fingerprint density at radius 1 is 0.552 bits per heavy atom. The first kappa shape index (κ1) is 17.5. The normalized spacial score (nSPS) is 11.1. The molecule has 5 aromatic carbocycles. The SMILES string of the molecule is COc1ccc(-c2ccc(-c3ccc(C)cc3)c3cc4ccccc4cc23)cc1.